The molecule has 1 aliphatic carbocycles. The van der Waals surface area contributed by atoms with Gasteiger partial charge in [0.05, 0.1) is 0 Å². The molecule has 6 heteroatoms. The fraction of sp³-hybridized carbons (Fsp3) is 0.762. The van der Waals surface area contributed by atoms with Gasteiger partial charge in [-0.1, -0.05) is 0 Å². The van der Waals surface area contributed by atoms with Crippen LogP contribution in [-0.2, 0) is 23.0 Å². The van der Waals surface area contributed by atoms with E-state index in [0.717, 1.165) is 13.0 Å². The molecule has 0 saturated carbocycles. The first-order valence-corrected chi connectivity index (χ1v) is 21.7. The molecule has 0 amide bonds. The molecule has 0 aromatic rings. The summed E-state index contributed by atoms with van der Waals surface area (Å²) in [5.74, 6) is 0.529. The molecule has 1 atom stereocenters. The Kier molecular flexibility index (Phi) is 11.0. The Bertz CT molecular complexity index is 656. The molecule has 1 rings (SSSR count). The summed E-state index contributed by atoms with van der Waals surface area (Å²) in [5.41, 5.74) is 4.62. The summed E-state index contributed by atoms with van der Waals surface area (Å²) < 4.78 is 20.7. The van der Waals surface area contributed by atoms with Gasteiger partial charge in [-0.2, -0.15) is 0 Å². The zero-order valence-corrected chi connectivity index (χ0v) is 24.7. The molecule has 1 N–H and O–H groups in total. The summed E-state index contributed by atoms with van der Waals surface area (Å²) in [6.45, 7) is 23.8. The molecule has 0 heterocycles. The van der Waals surface area contributed by atoms with E-state index in [1.54, 1.807) is 3.28 Å². The van der Waals surface area contributed by atoms with Crippen molar-refractivity contribution in [1.82, 2.24) is 3.26 Å². The van der Waals surface area contributed by atoms with Gasteiger partial charge in [0.1, 0.15) is 0 Å². The van der Waals surface area contributed by atoms with Crippen molar-refractivity contribution in [1.29, 1.82) is 0 Å². The molecule has 0 aromatic carbocycles. The minimum atomic E-state index is -3.56. The second-order valence-corrected chi connectivity index (χ2v) is 29.7. The van der Waals surface area contributed by atoms with E-state index in [4.69, 9.17) is 8.64 Å². The average molecular weight is 518 g/mol. The molecule has 0 saturated heterocycles. The van der Waals surface area contributed by atoms with E-state index >= 15 is 0 Å². The molecule has 162 valence electrons. The Balaban J connectivity index is 0. The normalized spacial score (nSPS) is 19.2. The number of nitrogens with one attached hydrogen (secondary N) is 1. The summed E-state index contributed by atoms with van der Waals surface area (Å²) in [5, 5.41) is 0. The van der Waals surface area contributed by atoms with Crippen LogP contribution in [0.15, 0.2) is 20.0 Å². The van der Waals surface area contributed by atoms with Gasteiger partial charge in [0.15, 0.2) is 0 Å². The summed E-state index contributed by atoms with van der Waals surface area (Å²) >= 11 is -3.56. The Morgan fingerprint density at radius 2 is 1.56 bits per heavy atom. The zero-order chi connectivity index (χ0) is 19.9. The van der Waals surface area contributed by atoms with Crippen LogP contribution in [0.4, 0.5) is 0 Å². The van der Waals surface area contributed by atoms with Crippen LogP contribution in [0.25, 0.3) is 0 Å². The summed E-state index contributed by atoms with van der Waals surface area (Å²) in [4.78, 5) is 0. The molecule has 0 aliphatic heterocycles. The molecule has 0 fully saturated rings. The first-order chi connectivity index (χ1) is 11.0. The van der Waals surface area contributed by atoms with Gasteiger partial charge in [0.2, 0.25) is 0 Å². The van der Waals surface area contributed by atoms with Gasteiger partial charge < -0.3 is 0 Å². The van der Waals surface area contributed by atoms with Crippen molar-refractivity contribution in [3.63, 3.8) is 0 Å². The average Bonchev–Trinajstić information content (AvgIpc) is 2.56. The zero-order valence-electron chi connectivity index (χ0n) is 19.6. The van der Waals surface area contributed by atoms with Gasteiger partial charge in [0.25, 0.3) is 0 Å². The molecule has 0 radical (unpaired) electrons. The molecule has 0 bridgehead atoms. The van der Waals surface area contributed by atoms with E-state index in [1.165, 1.54) is 20.8 Å². The minimum absolute atomic E-state index is 0. The number of rotatable bonds is 7. The Morgan fingerprint density at radius 3 is 1.89 bits per heavy atom. The molecule has 27 heavy (non-hydrogen) atoms. The van der Waals surface area contributed by atoms with Crippen LogP contribution >= 0.6 is 24.8 Å². The fourth-order valence-electron chi connectivity index (χ4n) is 4.83. The van der Waals surface area contributed by atoms with Crippen molar-refractivity contribution in [3.8, 4) is 0 Å². The van der Waals surface area contributed by atoms with Gasteiger partial charge >= 0.3 is 160 Å². The third-order valence-electron chi connectivity index (χ3n) is 5.70. The number of allylic oxidation sites excluding steroid dienone is 4. The van der Waals surface area contributed by atoms with E-state index in [0.29, 0.717) is 5.92 Å². The quantitative estimate of drug-likeness (QED) is 0.284. The van der Waals surface area contributed by atoms with E-state index in [-0.39, 0.29) is 30.4 Å². The summed E-state index contributed by atoms with van der Waals surface area (Å²) in [6, 6.07) is 0. The standard InChI is InChI=1S/C9H13.C6H15OSi.C4H10N.CH3.CH2.2ClH.Zr/c1-6-5-7(2)9(4)8(6)3;1-5-6-7-8(2,3)4;1-4(2,3)5;;;;;/h6H,1-4H3;1,5-6H2,2-4H3;5H,1-3H3;1H3;1H2;2*1H;/q;;-1;;;;;+1. The van der Waals surface area contributed by atoms with Gasteiger partial charge in [-0.15, -0.1) is 24.8 Å². The van der Waals surface area contributed by atoms with Crippen molar-refractivity contribution >= 4 is 37.3 Å². The predicted octanol–water partition coefficient (Wildman–Crippen LogP) is 7.22. The van der Waals surface area contributed by atoms with Gasteiger partial charge in [-0.3, -0.25) is 0 Å². The maximum absolute atomic E-state index is 6.15. The van der Waals surface area contributed by atoms with E-state index < -0.39 is 26.9 Å². The SMILES string of the molecule is Cl.Cl.[CH2]=[Zr]([CH3])([CH2]CCO[Si](C)(C)C)([NH]C(C)(C)C)[C]1=C(C)C(C)=C(C)C1C. The Labute approximate surface area is 184 Å². The number of halogens is 2. The molecule has 0 spiro atoms. The second kappa shape index (κ2) is 9.84. The van der Waals surface area contributed by atoms with Gasteiger partial charge in [0, 0.05) is 0 Å². The molecule has 1 aliphatic rings. The van der Waals surface area contributed by atoms with Crippen LogP contribution in [0, 0.1) is 5.92 Å². The van der Waals surface area contributed by atoms with Crippen LogP contribution in [0.1, 0.15) is 54.9 Å². The molecule has 2 nitrogen and oxygen atoms in total. The monoisotopic (exact) mass is 515 g/mol. The van der Waals surface area contributed by atoms with Crippen LogP contribution in [0.2, 0.25) is 28.4 Å². The van der Waals surface area contributed by atoms with E-state index in [1.807, 2.05) is 0 Å². The molecule has 0 aromatic heterocycles. The Morgan fingerprint density at radius 1 is 1.07 bits per heavy atom. The number of hydrogen-bond donors (Lipinski definition) is 1. The van der Waals surface area contributed by atoms with Crippen LogP contribution in [0.5, 0.6) is 0 Å². The van der Waals surface area contributed by atoms with Gasteiger partial charge in [-0.05, 0) is 0 Å². The Hall–Kier alpha value is 0.950. The molecule has 1 unspecified atom stereocenters. The first-order valence-electron chi connectivity index (χ1n) is 9.85. The molecular formula is C21H45Cl2NOSiZr. The predicted molar refractivity (Wildman–Crippen MR) is 129 cm³/mol. The van der Waals surface area contributed by atoms with E-state index in [2.05, 4.69) is 76.0 Å². The van der Waals surface area contributed by atoms with Crippen molar-refractivity contribution in [2.75, 3.05) is 6.61 Å². The fourth-order valence-corrected chi connectivity index (χ4v) is 21.7. The van der Waals surface area contributed by atoms with Crippen LogP contribution in [0.3, 0.4) is 0 Å². The third kappa shape index (κ3) is 7.95. The van der Waals surface area contributed by atoms with Crippen LogP contribution in [-0.4, -0.2) is 24.7 Å². The van der Waals surface area contributed by atoms with Crippen molar-refractivity contribution in [2.45, 2.75) is 88.8 Å². The first kappa shape index (κ1) is 30.1. The maximum atomic E-state index is 6.15. The van der Waals surface area contributed by atoms with Gasteiger partial charge in [-0.25, -0.2) is 0 Å². The molecular weight excluding hydrogens is 472 g/mol. The van der Waals surface area contributed by atoms with E-state index in [9.17, 15) is 0 Å². The summed E-state index contributed by atoms with van der Waals surface area (Å²) in [6.07, 6.45) is 1.11. The third-order valence-corrected chi connectivity index (χ3v) is 20.4. The van der Waals surface area contributed by atoms with Crippen molar-refractivity contribution < 1.29 is 23.0 Å². The van der Waals surface area contributed by atoms with Crippen molar-refractivity contribution in [3.05, 3.63) is 20.0 Å². The van der Waals surface area contributed by atoms with Crippen LogP contribution < -0.4 is 3.26 Å². The topological polar surface area (TPSA) is 21.3 Å². The number of hydrogen-bond acceptors (Lipinski definition) is 2. The van der Waals surface area contributed by atoms with Crippen molar-refractivity contribution in [2.24, 2.45) is 5.92 Å². The summed E-state index contributed by atoms with van der Waals surface area (Å²) in [7, 11) is -1.44. The second-order valence-electron chi connectivity index (χ2n) is 10.8.